The number of nitrogens with zero attached hydrogens (tertiary/aromatic N) is 2. The standard InChI is InChI=1S/C14H13ClN2O3/c1-9-4-5-12(20-9)10-7-11(13-3-2-6-19-13)17(16-10)14(18)8-15/h2-6,11H,7-8H2,1H3/t11-/m1/s1. The lowest BCUT2D eigenvalue weighted by molar-refractivity contribution is -0.130. The van der Waals surface area contributed by atoms with Crippen molar-refractivity contribution in [3.8, 4) is 0 Å². The molecule has 0 N–H and O–H groups in total. The lowest BCUT2D eigenvalue weighted by Crippen LogP contribution is -2.27. The van der Waals surface area contributed by atoms with Crippen LogP contribution in [0.5, 0.6) is 0 Å². The van der Waals surface area contributed by atoms with E-state index in [1.54, 1.807) is 12.3 Å². The van der Waals surface area contributed by atoms with Crippen LogP contribution in [0, 0.1) is 6.92 Å². The fourth-order valence-corrected chi connectivity index (χ4v) is 2.36. The second-order valence-electron chi connectivity index (χ2n) is 4.56. The Morgan fingerprint density at radius 1 is 1.50 bits per heavy atom. The summed E-state index contributed by atoms with van der Waals surface area (Å²) in [5.41, 5.74) is 0.720. The van der Waals surface area contributed by atoms with Crippen LogP contribution in [0.2, 0.25) is 0 Å². The molecule has 0 unspecified atom stereocenters. The number of carbonyl (C=O) groups excluding carboxylic acids is 1. The third-order valence-electron chi connectivity index (χ3n) is 3.18. The van der Waals surface area contributed by atoms with Gasteiger partial charge in [0.1, 0.15) is 34.9 Å². The molecule has 0 saturated carbocycles. The second kappa shape index (κ2) is 5.17. The Kier molecular flexibility index (Phi) is 3.36. The van der Waals surface area contributed by atoms with Crippen molar-refractivity contribution in [1.82, 2.24) is 5.01 Å². The average molecular weight is 293 g/mol. The van der Waals surface area contributed by atoms with Gasteiger partial charge in [-0.15, -0.1) is 11.6 Å². The zero-order chi connectivity index (χ0) is 14.1. The molecule has 0 saturated heterocycles. The van der Waals surface area contributed by atoms with Crippen LogP contribution in [0.15, 0.2) is 44.5 Å². The van der Waals surface area contributed by atoms with E-state index >= 15 is 0 Å². The van der Waals surface area contributed by atoms with Crippen LogP contribution in [0.1, 0.15) is 29.7 Å². The summed E-state index contributed by atoms with van der Waals surface area (Å²) < 4.78 is 11.0. The molecule has 0 aromatic carbocycles. The van der Waals surface area contributed by atoms with Gasteiger partial charge in [0.15, 0.2) is 0 Å². The lowest BCUT2D eigenvalue weighted by Gasteiger charge is -2.18. The molecule has 1 amide bonds. The number of alkyl halides is 1. The molecule has 5 nitrogen and oxygen atoms in total. The van der Waals surface area contributed by atoms with Gasteiger partial charge in [-0.1, -0.05) is 0 Å². The summed E-state index contributed by atoms with van der Waals surface area (Å²) in [6.45, 7) is 1.87. The molecule has 0 radical (unpaired) electrons. The second-order valence-corrected chi connectivity index (χ2v) is 4.83. The fourth-order valence-electron chi connectivity index (χ4n) is 2.24. The first-order valence-electron chi connectivity index (χ1n) is 6.24. The highest BCUT2D eigenvalue weighted by atomic mass is 35.5. The summed E-state index contributed by atoms with van der Waals surface area (Å²) in [4.78, 5) is 11.9. The minimum absolute atomic E-state index is 0.120. The van der Waals surface area contributed by atoms with Crippen LogP contribution in [-0.2, 0) is 4.79 Å². The average Bonchev–Trinajstić information content (AvgIpc) is 3.16. The summed E-state index contributed by atoms with van der Waals surface area (Å²) in [5.74, 6) is 1.78. The fraction of sp³-hybridized carbons (Fsp3) is 0.286. The maximum absolute atomic E-state index is 11.9. The molecule has 6 heteroatoms. The molecule has 1 aliphatic heterocycles. The first kappa shape index (κ1) is 13.0. The first-order chi connectivity index (χ1) is 9.69. The van der Waals surface area contributed by atoms with E-state index in [-0.39, 0.29) is 17.8 Å². The largest absolute Gasteiger partial charge is 0.467 e. The molecule has 1 atom stereocenters. The van der Waals surface area contributed by atoms with E-state index in [0.717, 1.165) is 11.5 Å². The summed E-state index contributed by atoms with van der Waals surface area (Å²) in [7, 11) is 0. The summed E-state index contributed by atoms with van der Waals surface area (Å²) in [6, 6.07) is 7.06. The molecule has 20 heavy (non-hydrogen) atoms. The number of aryl methyl sites for hydroxylation is 1. The van der Waals surface area contributed by atoms with Crippen molar-refractivity contribution in [2.24, 2.45) is 5.10 Å². The van der Waals surface area contributed by atoms with Crippen molar-refractivity contribution < 1.29 is 13.6 Å². The van der Waals surface area contributed by atoms with Gasteiger partial charge >= 0.3 is 0 Å². The summed E-state index contributed by atoms with van der Waals surface area (Å²) >= 11 is 5.64. The number of hydrazone groups is 1. The number of carbonyl (C=O) groups is 1. The Morgan fingerprint density at radius 3 is 2.95 bits per heavy atom. The van der Waals surface area contributed by atoms with Crippen molar-refractivity contribution in [3.05, 3.63) is 47.8 Å². The van der Waals surface area contributed by atoms with E-state index < -0.39 is 0 Å². The van der Waals surface area contributed by atoms with Gasteiger partial charge in [0.2, 0.25) is 0 Å². The van der Waals surface area contributed by atoms with Crippen LogP contribution < -0.4 is 0 Å². The normalized spacial score (nSPS) is 18.4. The molecular formula is C14H13ClN2O3. The van der Waals surface area contributed by atoms with E-state index in [9.17, 15) is 4.79 Å². The van der Waals surface area contributed by atoms with Gasteiger partial charge in [-0.05, 0) is 31.2 Å². The highest BCUT2D eigenvalue weighted by Crippen LogP contribution is 2.33. The lowest BCUT2D eigenvalue weighted by atomic mass is 10.1. The molecule has 3 rings (SSSR count). The number of furan rings is 2. The quantitative estimate of drug-likeness (QED) is 0.817. The van der Waals surface area contributed by atoms with Gasteiger partial charge in [-0.2, -0.15) is 5.10 Å². The molecule has 104 valence electrons. The van der Waals surface area contributed by atoms with Crippen LogP contribution in [0.3, 0.4) is 0 Å². The predicted molar refractivity (Wildman–Crippen MR) is 73.6 cm³/mol. The van der Waals surface area contributed by atoms with Crippen LogP contribution >= 0.6 is 11.6 Å². The SMILES string of the molecule is Cc1ccc(C2=NN(C(=O)CCl)[C@@H](c3ccco3)C2)o1. The van der Waals surface area contributed by atoms with Gasteiger partial charge in [-0.3, -0.25) is 4.79 Å². The zero-order valence-corrected chi connectivity index (χ0v) is 11.6. The smallest absolute Gasteiger partial charge is 0.258 e. The molecule has 0 aliphatic carbocycles. The van der Waals surface area contributed by atoms with E-state index in [2.05, 4.69) is 5.10 Å². The van der Waals surface area contributed by atoms with Crippen molar-refractivity contribution in [2.45, 2.75) is 19.4 Å². The van der Waals surface area contributed by atoms with E-state index in [1.807, 2.05) is 25.1 Å². The predicted octanol–water partition coefficient (Wildman–Crippen LogP) is 3.10. The van der Waals surface area contributed by atoms with Crippen LogP contribution in [0.25, 0.3) is 0 Å². The van der Waals surface area contributed by atoms with Crippen molar-refractivity contribution >= 4 is 23.2 Å². The van der Waals surface area contributed by atoms with Crippen molar-refractivity contribution in [2.75, 3.05) is 5.88 Å². The van der Waals surface area contributed by atoms with Crippen molar-refractivity contribution in [3.63, 3.8) is 0 Å². The first-order valence-corrected chi connectivity index (χ1v) is 6.78. The Bertz CT molecular complexity index is 645. The highest BCUT2D eigenvalue weighted by Gasteiger charge is 2.35. The van der Waals surface area contributed by atoms with Crippen molar-refractivity contribution in [1.29, 1.82) is 0 Å². The van der Waals surface area contributed by atoms with Gasteiger partial charge in [0, 0.05) is 6.42 Å². The van der Waals surface area contributed by atoms with Gasteiger partial charge in [0.25, 0.3) is 5.91 Å². The molecule has 3 heterocycles. The molecule has 0 bridgehead atoms. The van der Waals surface area contributed by atoms with E-state index in [0.29, 0.717) is 17.9 Å². The summed E-state index contributed by atoms with van der Waals surface area (Å²) in [6.07, 6.45) is 2.12. The topological polar surface area (TPSA) is 59.0 Å². The molecule has 0 spiro atoms. The van der Waals surface area contributed by atoms with Gasteiger partial charge in [-0.25, -0.2) is 5.01 Å². The maximum Gasteiger partial charge on any atom is 0.258 e. The Balaban J connectivity index is 1.93. The van der Waals surface area contributed by atoms with Crippen LogP contribution in [0.4, 0.5) is 0 Å². The minimum atomic E-state index is -0.267. The molecule has 0 fully saturated rings. The number of halogens is 1. The third kappa shape index (κ3) is 2.25. The maximum atomic E-state index is 11.9. The number of amides is 1. The number of hydrogen-bond donors (Lipinski definition) is 0. The molecule has 2 aromatic rings. The Labute approximate surface area is 120 Å². The van der Waals surface area contributed by atoms with E-state index in [1.165, 1.54) is 5.01 Å². The van der Waals surface area contributed by atoms with Crippen LogP contribution in [-0.4, -0.2) is 22.5 Å². The highest BCUT2D eigenvalue weighted by molar-refractivity contribution is 6.27. The minimum Gasteiger partial charge on any atom is -0.467 e. The monoisotopic (exact) mass is 292 g/mol. The zero-order valence-electron chi connectivity index (χ0n) is 10.9. The third-order valence-corrected chi connectivity index (χ3v) is 3.41. The molecular weight excluding hydrogens is 280 g/mol. The number of hydrogen-bond acceptors (Lipinski definition) is 4. The summed E-state index contributed by atoms with van der Waals surface area (Å²) in [5, 5.41) is 5.72. The molecule has 1 aliphatic rings. The number of rotatable bonds is 3. The van der Waals surface area contributed by atoms with Gasteiger partial charge < -0.3 is 8.83 Å². The van der Waals surface area contributed by atoms with Gasteiger partial charge in [0.05, 0.1) is 6.26 Å². The Hall–Kier alpha value is -2.01. The molecule has 2 aromatic heterocycles. The van der Waals surface area contributed by atoms with E-state index in [4.69, 9.17) is 20.4 Å². The Morgan fingerprint density at radius 2 is 2.35 bits per heavy atom.